The number of benzene rings is 7. The van der Waals surface area contributed by atoms with E-state index in [1.165, 1.54) is 32.7 Å². The fourth-order valence-corrected chi connectivity index (χ4v) is 6.66. The number of para-hydroxylation sites is 1. The normalized spacial score (nSPS) is 11.3. The molecule has 2 aromatic heterocycles. The molecule has 0 aliphatic rings. The summed E-state index contributed by atoms with van der Waals surface area (Å²) < 4.78 is 0. The molecule has 9 rings (SSSR count). The second-order valence-corrected chi connectivity index (χ2v) is 12.0. The Morgan fingerprint density at radius 3 is 1.52 bits per heavy atom. The van der Waals surface area contributed by atoms with E-state index in [1.54, 1.807) is 0 Å². The Morgan fingerprint density at radius 2 is 0.833 bits per heavy atom. The van der Waals surface area contributed by atoms with Crippen LogP contribution in [-0.4, -0.2) is 15.0 Å². The lowest BCUT2D eigenvalue weighted by Gasteiger charge is -2.13. The van der Waals surface area contributed by atoms with Crippen LogP contribution in [0.25, 0.3) is 88.7 Å². The van der Waals surface area contributed by atoms with Crippen LogP contribution in [0.4, 0.5) is 0 Å². The molecule has 0 fully saturated rings. The zero-order chi connectivity index (χ0) is 31.9. The summed E-state index contributed by atoms with van der Waals surface area (Å²) in [6.07, 6.45) is 0. The second kappa shape index (κ2) is 11.7. The molecule has 48 heavy (non-hydrogen) atoms. The van der Waals surface area contributed by atoms with Crippen molar-refractivity contribution in [3.8, 4) is 56.3 Å². The molecule has 9 aromatic rings. The van der Waals surface area contributed by atoms with Crippen LogP contribution >= 0.6 is 0 Å². The maximum absolute atomic E-state index is 5.19. The van der Waals surface area contributed by atoms with Gasteiger partial charge in [0, 0.05) is 38.4 Å². The van der Waals surface area contributed by atoms with Crippen LogP contribution < -0.4 is 0 Å². The van der Waals surface area contributed by atoms with Crippen LogP contribution in [0.15, 0.2) is 176 Å². The topological polar surface area (TPSA) is 38.7 Å². The summed E-state index contributed by atoms with van der Waals surface area (Å²) in [6.45, 7) is 0. The zero-order valence-electron chi connectivity index (χ0n) is 26.1. The molecule has 0 aliphatic heterocycles. The van der Waals surface area contributed by atoms with Gasteiger partial charge in [-0.05, 0) is 34.0 Å². The lowest BCUT2D eigenvalue weighted by Crippen LogP contribution is -1.96. The average molecular weight is 612 g/mol. The van der Waals surface area contributed by atoms with Crippen LogP contribution in [0.1, 0.15) is 0 Å². The molecule has 0 saturated heterocycles. The molecule has 7 aromatic carbocycles. The first kappa shape index (κ1) is 27.8. The minimum atomic E-state index is 0.702. The van der Waals surface area contributed by atoms with Gasteiger partial charge in [-0.15, -0.1) is 0 Å². The van der Waals surface area contributed by atoms with Gasteiger partial charge in [0.1, 0.15) is 0 Å². The van der Waals surface area contributed by atoms with Gasteiger partial charge in [-0.25, -0.2) is 15.0 Å². The molecule has 3 heteroatoms. The van der Waals surface area contributed by atoms with E-state index in [1.807, 2.05) is 24.3 Å². The third-order valence-electron chi connectivity index (χ3n) is 9.09. The van der Waals surface area contributed by atoms with Crippen molar-refractivity contribution in [2.45, 2.75) is 0 Å². The number of hydrogen-bond acceptors (Lipinski definition) is 3. The molecule has 0 bridgehead atoms. The number of hydrogen-bond donors (Lipinski definition) is 0. The van der Waals surface area contributed by atoms with Crippen molar-refractivity contribution in [1.29, 1.82) is 0 Å². The van der Waals surface area contributed by atoms with Gasteiger partial charge in [0.2, 0.25) is 0 Å². The maximum Gasteiger partial charge on any atom is 0.160 e. The van der Waals surface area contributed by atoms with Crippen molar-refractivity contribution in [1.82, 2.24) is 15.0 Å². The van der Waals surface area contributed by atoms with Crippen LogP contribution in [0.3, 0.4) is 0 Å². The van der Waals surface area contributed by atoms with Gasteiger partial charge in [-0.3, -0.25) is 0 Å². The molecule has 2 heterocycles. The van der Waals surface area contributed by atoms with Crippen molar-refractivity contribution in [2.24, 2.45) is 0 Å². The molecule has 0 saturated carbocycles. The van der Waals surface area contributed by atoms with Gasteiger partial charge in [0.15, 0.2) is 5.82 Å². The highest BCUT2D eigenvalue weighted by Gasteiger charge is 2.15. The Labute approximate surface area is 278 Å². The van der Waals surface area contributed by atoms with Gasteiger partial charge in [0.05, 0.1) is 22.6 Å². The first-order chi connectivity index (χ1) is 23.8. The van der Waals surface area contributed by atoms with Crippen molar-refractivity contribution >= 4 is 32.4 Å². The lowest BCUT2D eigenvalue weighted by molar-refractivity contribution is 1.18. The second-order valence-electron chi connectivity index (χ2n) is 12.0. The number of pyridine rings is 1. The summed E-state index contributed by atoms with van der Waals surface area (Å²) in [7, 11) is 0. The summed E-state index contributed by atoms with van der Waals surface area (Å²) in [5, 5.41) is 6.03. The largest absolute Gasteiger partial charge is 0.247 e. The molecular formula is C45H29N3. The Balaban J connectivity index is 1.15. The minimum Gasteiger partial charge on any atom is -0.247 e. The Hall–Kier alpha value is -6.45. The molecule has 0 N–H and O–H groups in total. The quantitative estimate of drug-likeness (QED) is 0.182. The first-order valence-corrected chi connectivity index (χ1v) is 16.2. The molecule has 0 unspecified atom stereocenters. The molecular weight excluding hydrogens is 583 g/mol. The number of aromatic nitrogens is 3. The van der Waals surface area contributed by atoms with Gasteiger partial charge >= 0.3 is 0 Å². The number of nitrogens with zero attached hydrogens (tertiary/aromatic N) is 3. The van der Waals surface area contributed by atoms with Gasteiger partial charge in [-0.2, -0.15) is 0 Å². The van der Waals surface area contributed by atoms with Crippen molar-refractivity contribution in [3.63, 3.8) is 0 Å². The lowest BCUT2D eigenvalue weighted by atomic mass is 9.95. The van der Waals surface area contributed by atoms with Crippen LogP contribution in [-0.2, 0) is 0 Å². The first-order valence-electron chi connectivity index (χ1n) is 16.2. The summed E-state index contributed by atoms with van der Waals surface area (Å²) >= 11 is 0. The van der Waals surface area contributed by atoms with E-state index in [-0.39, 0.29) is 0 Å². The third kappa shape index (κ3) is 4.99. The van der Waals surface area contributed by atoms with E-state index in [2.05, 4.69) is 152 Å². The predicted molar refractivity (Wildman–Crippen MR) is 200 cm³/mol. The third-order valence-corrected chi connectivity index (χ3v) is 9.09. The molecule has 224 valence electrons. The smallest absolute Gasteiger partial charge is 0.160 e. The standard InChI is InChI=1S/C45H29N3/c1-3-11-30(12-4-1)31-19-21-33(22-20-31)41-29-42(48-45(47-41)36-14-5-2-6-15-36)34-23-25-35(26-24-34)44-39-28-27-32-13-7-8-16-37(32)43(39)38-17-9-10-18-40(38)46-44/h1-29H. The highest BCUT2D eigenvalue weighted by Crippen LogP contribution is 2.38. The van der Waals surface area contributed by atoms with Gasteiger partial charge in [0.25, 0.3) is 0 Å². The van der Waals surface area contributed by atoms with E-state index in [4.69, 9.17) is 15.0 Å². The molecule has 0 amide bonds. The van der Waals surface area contributed by atoms with Crippen molar-refractivity contribution in [3.05, 3.63) is 176 Å². The van der Waals surface area contributed by atoms with Crippen LogP contribution in [0.2, 0.25) is 0 Å². The fourth-order valence-electron chi connectivity index (χ4n) is 6.66. The Kier molecular flexibility index (Phi) is 6.80. The Bertz CT molecular complexity index is 2560. The highest BCUT2D eigenvalue weighted by atomic mass is 14.9. The van der Waals surface area contributed by atoms with E-state index in [0.717, 1.165) is 50.2 Å². The molecule has 3 nitrogen and oxygen atoms in total. The minimum absolute atomic E-state index is 0.702. The number of fused-ring (bicyclic) bond motifs is 5. The van der Waals surface area contributed by atoms with Crippen molar-refractivity contribution < 1.29 is 0 Å². The van der Waals surface area contributed by atoms with Gasteiger partial charge < -0.3 is 0 Å². The van der Waals surface area contributed by atoms with Crippen LogP contribution in [0, 0.1) is 0 Å². The molecule has 0 radical (unpaired) electrons. The molecule has 0 spiro atoms. The van der Waals surface area contributed by atoms with E-state index < -0.39 is 0 Å². The summed E-state index contributed by atoms with van der Waals surface area (Å²) in [4.78, 5) is 15.3. The highest BCUT2D eigenvalue weighted by molar-refractivity contribution is 6.22. The SMILES string of the molecule is c1ccc(-c2ccc(-c3cc(-c4ccc(-c5nc6ccccc6c6c5ccc5ccccc56)cc4)nc(-c4ccccc4)n3)cc2)cc1. The fraction of sp³-hybridized carbons (Fsp3) is 0. The monoisotopic (exact) mass is 611 g/mol. The summed E-state index contributed by atoms with van der Waals surface area (Å²) in [5.41, 5.74) is 10.2. The average Bonchev–Trinajstić information content (AvgIpc) is 3.18. The van der Waals surface area contributed by atoms with E-state index in [0.29, 0.717) is 5.82 Å². The predicted octanol–water partition coefficient (Wildman–Crippen LogP) is 11.7. The van der Waals surface area contributed by atoms with Crippen molar-refractivity contribution in [2.75, 3.05) is 0 Å². The number of rotatable bonds is 5. The van der Waals surface area contributed by atoms with Crippen LogP contribution in [0.5, 0.6) is 0 Å². The Morgan fingerprint density at radius 1 is 0.312 bits per heavy atom. The maximum atomic E-state index is 5.19. The van der Waals surface area contributed by atoms with E-state index >= 15 is 0 Å². The summed E-state index contributed by atoms with van der Waals surface area (Å²) in [5.74, 6) is 0.702. The van der Waals surface area contributed by atoms with Gasteiger partial charge in [-0.1, -0.05) is 164 Å². The zero-order valence-corrected chi connectivity index (χ0v) is 26.1. The summed E-state index contributed by atoms with van der Waals surface area (Å²) in [6, 6.07) is 61.4. The molecule has 0 aliphatic carbocycles. The molecule has 0 atom stereocenters. The van der Waals surface area contributed by atoms with E-state index in [9.17, 15) is 0 Å².